The summed E-state index contributed by atoms with van der Waals surface area (Å²) in [7, 11) is 2.98. The van der Waals surface area contributed by atoms with E-state index < -0.39 is 5.82 Å². The number of halogens is 2. The first-order valence-electron chi connectivity index (χ1n) is 12.0. The average Bonchev–Trinajstić information content (AvgIpc) is 3.55. The Morgan fingerprint density at radius 2 is 1.95 bits per heavy atom. The second-order valence-electron chi connectivity index (χ2n) is 8.76. The highest BCUT2D eigenvalue weighted by Crippen LogP contribution is 2.44. The minimum atomic E-state index is -0.493. The van der Waals surface area contributed by atoms with E-state index in [1.807, 2.05) is 52.1 Å². The number of hydrogen-bond donors (Lipinski definition) is 2. The molecule has 11 heteroatoms. The smallest absolute Gasteiger partial charge is 0.250 e. The summed E-state index contributed by atoms with van der Waals surface area (Å²) < 4.78 is 26.3. The number of nitrogens with zero attached hydrogens (tertiary/aromatic N) is 3. The van der Waals surface area contributed by atoms with Crippen molar-refractivity contribution in [3.05, 3.63) is 101 Å². The third-order valence-corrected chi connectivity index (χ3v) is 6.98. The molecule has 1 amide bonds. The van der Waals surface area contributed by atoms with Crippen LogP contribution in [0, 0.1) is 5.82 Å². The van der Waals surface area contributed by atoms with Crippen LogP contribution < -0.4 is 20.3 Å². The molecule has 1 aliphatic rings. The predicted molar refractivity (Wildman–Crippen MR) is 152 cm³/mol. The normalized spacial score (nSPS) is 16.7. The van der Waals surface area contributed by atoms with Crippen molar-refractivity contribution >= 4 is 46.2 Å². The van der Waals surface area contributed by atoms with Crippen molar-refractivity contribution in [2.75, 3.05) is 31.0 Å². The topological polar surface area (TPSA) is 80.7 Å². The summed E-state index contributed by atoms with van der Waals surface area (Å²) in [4.78, 5) is 18.9. The number of amides is 1. The van der Waals surface area contributed by atoms with Gasteiger partial charge in [0.05, 0.1) is 29.6 Å². The van der Waals surface area contributed by atoms with E-state index in [1.54, 1.807) is 30.5 Å². The molecule has 1 fully saturated rings. The Morgan fingerprint density at radius 3 is 2.67 bits per heavy atom. The Hall–Kier alpha value is -3.99. The molecule has 2 N–H and O–H groups in total. The van der Waals surface area contributed by atoms with Crippen molar-refractivity contribution < 1.29 is 18.7 Å². The van der Waals surface area contributed by atoms with Crippen LogP contribution in [0.4, 0.5) is 15.8 Å². The van der Waals surface area contributed by atoms with Crippen LogP contribution in [0.25, 0.3) is 5.69 Å². The Kier molecular flexibility index (Phi) is 7.78. The minimum absolute atomic E-state index is 0.0250. The highest BCUT2D eigenvalue weighted by atomic mass is 35.5. The van der Waals surface area contributed by atoms with Gasteiger partial charge in [-0.25, -0.2) is 4.39 Å². The average molecular weight is 566 g/mol. The molecule has 4 aromatic rings. The number of carbonyl (C=O) groups excluding carboxylic acids is 1. The summed E-state index contributed by atoms with van der Waals surface area (Å²) in [6.45, 7) is -0.102. The van der Waals surface area contributed by atoms with Gasteiger partial charge in [0, 0.05) is 36.6 Å². The first kappa shape index (κ1) is 26.6. The standard InChI is InChI=1S/C28H25ClFN5O3S/c1-37-16-25(36)32-22-15-18(9-11-24(22)38-2)35-27(26(33-28(35)39)21-6-3-4-12-31-21)23-7-5-13-34(23)17-8-10-20(30)19(29)14-17/h3-15,26-27H,16H2,1-2H3,(H,32,36)(H,33,39)/t26-,27+/m0/s1. The van der Waals surface area contributed by atoms with Crippen molar-refractivity contribution in [2.24, 2.45) is 0 Å². The maximum Gasteiger partial charge on any atom is 0.250 e. The molecule has 0 spiro atoms. The molecule has 3 heterocycles. The first-order valence-corrected chi connectivity index (χ1v) is 12.8. The molecule has 2 aromatic heterocycles. The van der Waals surface area contributed by atoms with Gasteiger partial charge in [-0.15, -0.1) is 0 Å². The summed E-state index contributed by atoms with van der Waals surface area (Å²) in [5, 5.41) is 6.75. The number of nitrogens with one attached hydrogen (secondary N) is 2. The molecule has 2 atom stereocenters. The fourth-order valence-corrected chi connectivity index (χ4v) is 5.22. The van der Waals surface area contributed by atoms with Crippen LogP contribution in [-0.4, -0.2) is 41.4 Å². The summed E-state index contributed by atoms with van der Waals surface area (Å²) >= 11 is 12.0. The number of ether oxygens (including phenoxy) is 2. The Morgan fingerprint density at radius 1 is 1.13 bits per heavy atom. The Bertz CT molecular complexity index is 1520. The van der Waals surface area contributed by atoms with Crippen LogP contribution in [0.3, 0.4) is 0 Å². The van der Waals surface area contributed by atoms with Crippen molar-refractivity contribution in [1.82, 2.24) is 14.9 Å². The predicted octanol–water partition coefficient (Wildman–Crippen LogP) is 5.44. The van der Waals surface area contributed by atoms with Gasteiger partial charge in [0.15, 0.2) is 5.11 Å². The maximum atomic E-state index is 14.0. The highest BCUT2D eigenvalue weighted by Gasteiger charge is 2.42. The van der Waals surface area contributed by atoms with Gasteiger partial charge >= 0.3 is 0 Å². The van der Waals surface area contributed by atoms with E-state index in [2.05, 4.69) is 15.6 Å². The fourth-order valence-electron chi connectivity index (χ4n) is 4.70. The minimum Gasteiger partial charge on any atom is -0.495 e. The van der Waals surface area contributed by atoms with Crippen molar-refractivity contribution in [2.45, 2.75) is 12.1 Å². The van der Waals surface area contributed by atoms with Crippen LogP contribution in [0.2, 0.25) is 5.02 Å². The van der Waals surface area contributed by atoms with Gasteiger partial charge in [0.1, 0.15) is 24.2 Å². The molecule has 1 aliphatic heterocycles. The molecule has 1 saturated heterocycles. The van der Waals surface area contributed by atoms with Crippen molar-refractivity contribution in [3.63, 3.8) is 0 Å². The lowest BCUT2D eigenvalue weighted by Crippen LogP contribution is -2.30. The van der Waals surface area contributed by atoms with E-state index in [1.165, 1.54) is 20.3 Å². The molecule has 8 nitrogen and oxygen atoms in total. The van der Waals surface area contributed by atoms with Crippen molar-refractivity contribution in [3.8, 4) is 11.4 Å². The maximum absolute atomic E-state index is 14.0. The number of benzene rings is 2. The van der Waals surface area contributed by atoms with Crippen LogP contribution in [0.15, 0.2) is 79.1 Å². The van der Waals surface area contributed by atoms with Gasteiger partial charge in [-0.2, -0.15) is 0 Å². The second kappa shape index (κ2) is 11.4. The molecule has 0 radical (unpaired) electrons. The molecule has 0 bridgehead atoms. The number of hydrogen-bond acceptors (Lipinski definition) is 5. The zero-order valence-corrected chi connectivity index (χ0v) is 22.7. The molecule has 0 saturated carbocycles. The fraction of sp³-hybridized carbons (Fsp3) is 0.179. The van der Waals surface area contributed by atoms with Crippen LogP contribution in [0.5, 0.6) is 5.75 Å². The molecule has 2 aromatic carbocycles. The largest absolute Gasteiger partial charge is 0.495 e. The molecular formula is C28H25ClFN5O3S. The zero-order valence-electron chi connectivity index (χ0n) is 21.1. The van der Waals surface area contributed by atoms with Gasteiger partial charge in [0.2, 0.25) is 5.91 Å². The lowest BCUT2D eigenvalue weighted by atomic mass is 10.0. The van der Waals surface area contributed by atoms with Crippen molar-refractivity contribution in [1.29, 1.82) is 0 Å². The molecular weight excluding hydrogens is 541 g/mol. The molecule has 39 heavy (non-hydrogen) atoms. The Labute approximate surface area is 235 Å². The van der Waals surface area contributed by atoms with Crippen LogP contribution >= 0.6 is 23.8 Å². The van der Waals surface area contributed by atoms with Crippen LogP contribution in [-0.2, 0) is 9.53 Å². The Balaban J connectivity index is 1.63. The molecule has 0 unspecified atom stereocenters. The first-order chi connectivity index (χ1) is 18.9. The zero-order chi connectivity index (χ0) is 27.5. The van der Waals surface area contributed by atoms with Gasteiger partial charge in [-0.1, -0.05) is 17.7 Å². The van der Waals surface area contributed by atoms with E-state index in [0.717, 1.165) is 11.4 Å². The van der Waals surface area contributed by atoms with E-state index in [-0.39, 0.29) is 29.6 Å². The van der Waals surface area contributed by atoms with Gasteiger partial charge in [-0.05, 0) is 72.9 Å². The summed E-state index contributed by atoms with van der Waals surface area (Å²) in [6, 6.07) is 18.9. The second-order valence-corrected chi connectivity index (χ2v) is 9.56. The molecule has 200 valence electrons. The van der Waals surface area contributed by atoms with E-state index >= 15 is 0 Å². The molecule has 0 aliphatic carbocycles. The lowest BCUT2D eigenvalue weighted by molar-refractivity contribution is -0.119. The number of pyridine rings is 1. The number of anilines is 2. The van der Waals surface area contributed by atoms with Crippen LogP contribution in [0.1, 0.15) is 23.5 Å². The van der Waals surface area contributed by atoms with Gasteiger partial charge in [0.25, 0.3) is 0 Å². The monoisotopic (exact) mass is 565 g/mol. The van der Waals surface area contributed by atoms with Gasteiger partial charge in [-0.3, -0.25) is 9.78 Å². The van der Waals surface area contributed by atoms with Gasteiger partial charge < -0.3 is 29.6 Å². The highest BCUT2D eigenvalue weighted by molar-refractivity contribution is 7.80. The number of thiocarbonyl (C=S) groups is 1. The summed E-state index contributed by atoms with van der Waals surface area (Å²) in [5.41, 5.74) is 3.54. The number of aromatic nitrogens is 2. The lowest BCUT2D eigenvalue weighted by Gasteiger charge is -2.29. The third-order valence-electron chi connectivity index (χ3n) is 6.37. The SMILES string of the molecule is COCC(=O)Nc1cc(N2C(=S)N[C@@H](c3ccccn3)[C@H]2c2cccn2-c2ccc(F)c(Cl)c2)ccc1OC. The van der Waals surface area contributed by atoms with E-state index in [0.29, 0.717) is 27.9 Å². The molecule has 5 rings (SSSR count). The van der Waals surface area contributed by atoms with E-state index in [4.69, 9.17) is 33.3 Å². The van der Waals surface area contributed by atoms with E-state index in [9.17, 15) is 9.18 Å². The summed E-state index contributed by atoms with van der Waals surface area (Å²) in [5.74, 6) is -0.324. The summed E-state index contributed by atoms with van der Waals surface area (Å²) in [6.07, 6.45) is 3.62. The number of methoxy groups -OCH3 is 2. The third kappa shape index (κ3) is 5.31. The quantitative estimate of drug-likeness (QED) is 0.276. The number of carbonyl (C=O) groups is 1. The number of rotatable bonds is 8.